The Morgan fingerprint density at radius 2 is 2.00 bits per heavy atom. The Kier molecular flexibility index (Phi) is 8.32. The molecular weight excluding hydrogens is 475 g/mol. The van der Waals surface area contributed by atoms with Crippen molar-refractivity contribution >= 4 is 29.9 Å². The second kappa shape index (κ2) is 10.9. The van der Waals surface area contributed by atoms with Crippen LogP contribution in [0.25, 0.3) is 0 Å². The van der Waals surface area contributed by atoms with Crippen LogP contribution in [0.3, 0.4) is 0 Å². The van der Waals surface area contributed by atoms with E-state index in [1.807, 2.05) is 0 Å². The van der Waals surface area contributed by atoms with Crippen molar-refractivity contribution in [2.75, 3.05) is 26.2 Å². The molecule has 0 saturated carbocycles. The highest BCUT2D eigenvalue weighted by atomic mass is 127. The Hall–Kier alpha value is -1.64. The summed E-state index contributed by atoms with van der Waals surface area (Å²) in [6.45, 7) is 6.95. The van der Waals surface area contributed by atoms with Crippen LogP contribution in [0, 0.1) is 0 Å². The van der Waals surface area contributed by atoms with Crippen LogP contribution in [0.15, 0.2) is 35.3 Å². The number of benzene rings is 1. The maximum absolute atomic E-state index is 4.92. The summed E-state index contributed by atoms with van der Waals surface area (Å²) in [6, 6.07) is 10.9. The zero-order valence-electron chi connectivity index (χ0n) is 17.4. The molecule has 0 amide bonds. The van der Waals surface area contributed by atoms with Gasteiger partial charge in [0, 0.05) is 51.5 Å². The lowest BCUT2D eigenvalue weighted by Gasteiger charge is -2.21. The van der Waals surface area contributed by atoms with E-state index >= 15 is 0 Å². The van der Waals surface area contributed by atoms with Crippen LogP contribution in [0.1, 0.15) is 55.7 Å². The number of nitrogens with zero attached hydrogens (tertiary/aromatic N) is 5. The molecule has 1 saturated heterocycles. The zero-order chi connectivity index (χ0) is 19.2. The van der Waals surface area contributed by atoms with E-state index < -0.39 is 0 Å². The van der Waals surface area contributed by atoms with Gasteiger partial charge in [-0.2, -0.15) is 0 Å². The summed E-state index contributed by atoms with van der Waals surface area (Å²) in [5, 5.41) is 12.3. The van der Waals surface area contributed by atoms with Crippen molar-refractivity contribution in [1.29, 1.82) is 0 Å². The Balaban J connectivity index is 0.00000240. The predicted molar refractivity (Wildman–Crippen MR) is 128 cm³/mol. The molecule has 0 aliphatic carbocycles. The van der Waals surface area contributed by atoms with Crippen molar-refractivity contribution in [1.82, 2.24) is 25.0 Å². The summed E-state index contributed by atoms with van der Waals surface area (Å²) in [6.07, 6.45) is 6.87. The molecule has 3 heterocycles. The average Bonchev–Trinajstić information content (AvgIpc) is 3.30. The van der Waals surface area contributed by atoms with E-state index in [0.29, 0.717) is 5.92 Å². The predicted octanol–water partition coefficient (Wildman–Crippen LogP) is 3.62. The summed E-state index contributed by atoms with van der Waals surface area (Å²) in [5.74, 6) is 3.89. The highest BCUT2D eigenvalue weighted by molar-refractivity contribution is 14.0. The molecule has 158 valence electrons. The summed E-state index contributed by atoms with van der Waals surface area (Å²) in [5.41, 5.74) is 1.44. The van der Waals surface area contributed by atoms with Crippen molar-refractivity contribution in [3.63, 3.8) is 0 Å². The minimum absolute atomic E-state index is 0. The van der Waals surface area contributed by atoms with Gasteiger partial charge < -0.3 is 14.8 Å². The lowest BCUT2D eigenvalue weighted by atomic mass is 9.99. The fraction of sp³-hybridized carbons (Fsp3) is 0.591. The highest BCUT2D eigenvalue weighted by Gasteiger charge is 2.26. The standard InChI is InChI=1S/C22H32N6.HI/c1-2-23-22(27-16-13-19(17-27)18-9-5-3-6-10-18)24-14-12-21-26-25-20-11-7-4-8-15-28(20)21;/h3,5-6,9-10,19H,2,4,7-8,11-17H2,1H3,(H,23,24);1H. The number of aliphatic imine (C=N–C) groups is 1. The van der Waals surface area contributed by atoms with Crippen LogP contribution in [0.2, 0.25) is 0 Å². The molecular formula is C22H33IN6. The van der Waals surface area contributed by atoms with Gasteiger partial charge in [0.1, 0.15) is 11.6 Å². The van der Waals surface area contributed by atoms with Gasteiger partial charge in [-0.3, -0.25) is 4.99 Å². The number of hydrogen-bond acceptors (Lipinski definition) is 3. The Morgan fingerprint density at radius 1 is 1.14 bits per heavy atom. The van der Waals surface area contributed by atoms with Gasteiger partial charge in [0.2, 0.25) is 0 Å². The molecule has 7 heteroatoms. The molecule has 4 rings (SSSR count). The molecule has 1 fully saturated rings. The normalized spacial score (nSPS) is 19.4. The van der Waals surface area contributed by atoms with Crippen LogP contribution >= 0.6 is 24.0 Å². The van der Waals surface area contributed by atoms with E-state index in [1.54, 1.807) is 0 Å². The van der Waals surface area contributed by atoms with Gasteiger partial charge in [-0.25, -0.2) is 0 Å². The van der Waals surface area contributed by atoms with E-state index in [0.717, 1.165) is 63.2 Å². The van der Waals surface area contributed by atoms with Gasteiger partial charge in [0.05, 0.1) is 0 Å². The first-order valence-corrected chi connectivity index (χ1v) is 10.8. The maximum Gasteiger partial charge on any atom is 0.193 e. The van der Waals surface area contributed by atoms with Crippen LogP contribution in [-0.4, -0.2) is 51.8 Å². The quantitative estimate of drug-likeness (QED) is 0.381. The number of hydrogen-bond donors (Lipinski definition) is 1. The van der Waals surface area contributed by atoms with Gasteiger partial charge in [-0.05, 0) is 31.7 Å². The molecule has 1 atom stereocenters. The zero-order valence-corrected chi connectivity index (χ0v) is 19.7. The van der Waals surface area contributed by atoms with Crippen LogP contribution in [-0.2, 0) is 19.4 Å². The second-order valence-corrected chi connectivity index (χ2v) is 7.82. The molecule has 0 radical (unpaired) electrons. The topological polar surface area (TPSA) is 58.3 Å². The maximum atomic E-state index is 4.92. The van der Waals surface area contributed by atoms with Crippen LogP contribution in [0.4, 0.5) is 0 Å². The summed E-state index contributed by atoms with van der Waals surface area (Å²) in [4.78, 5) is 7.33. The Bertz CT molecular complexity index is 788. The Morgan fingerprint density at radius 3 is 2.83 bits per heavy atom. The number of aromatic nitrogens is 3. The van der Waals surface area contributed by atoms with Crippen LogP contribution in [0.5, 0.6) is 0 Å². The lowest BCUT2D eigenvalue weighted by Crippen LogP contribution is -2.40. The first-order valence-electron chi connectivity index (χ1n) is 10.8. The molecule has 1 unspecified atom stereocenters. The third-order valence-corrected chi connectivity index (χ3v) is 5.88. The van der Waals surface area contributed by atoms with Crippen molar-refractivity contribution < 1.29 is 0 Å². The number of aryl methyl sites for hydroxylation is 1. The van der Waals surface area contributed by atoms with Crippen molar-refractivity contribution in [3.05, 3.63) is 47.5 Å². The molecule has 2 aliphatic heterocycles. The van der Waals surface area contributed by atoms with Crippen molar-refractivity contribution in [2.24, 2.45) is 4.99 Å². The van der Waals surface area contributed by atoms with Crippen molar-refractivity contribution in [2.45, 2.75) is 57.9 Å². The molecule has 29 heavy (non-hydrogen) atoms. The number of likely N-dealkylation sites (tertiary alicyclic amines) is 1. The first-order chi connectivity index (χ1) is 13.8. The van der Waals surface area contributed by atoms with Gasteiger partial charge in [-0.1, -0.05) is 36.8 Å². The smallest absolute Gasteiger partial charge is 0.193 e. The molecule has 1 N–H and O–H groups in total. The molecule has 0 spiro atoms. The van der Waals surface area contributed by atoms with Gasteiger partial charge in [0.15, 0.2) is 5.96 Å². The summed E-state index contributed by atoms with van der Waals surface area (Å²) >= 11 is 0. The number of nitrogens with one attached hydrogen (secondary N) is 1. The molecule has 2 aliphatic rings. The third kappa shape index (κ3) is 5.49. The molecule has 0 bridgehead atoms. The SMILES string of the molecule is CCNC(=NCCc1nnc2n1CCCCC2)N1CCC(c2ccccc2)C1.I. The fourth-order valence-corrected chi connectivity index (χ4v) is 4.37. The largest absolute Gasteiger partial charge is 0.357 e. The van der Waals surface area contributed by atoms with Crippen LogP contribution < -0.4 is 5.32 Å². The average molecular weight is 508 g/mol. The number of guanidine groups is 1. The van der Waals surface area contributed by atoms with E-state index in [9.17, 15) is 0 Å². The number of rotatable bonds is 5. The van der Waals surface area contributed by atoms with Crippen molar-refractivity contribution in [3.8, 4) is 0 Å². The van der Waals surface area contributed by atoms with Gasteiger partial charge >= 0.3 is 0 Å². The molecule has 2 aromatic rings. The lowest BCUT2D eigenvalue weighted by molar-refractivity contribution is 0.486. The number of fused-ring (bicyclic) bond motifs is 1. The molecule has 6 nitrogen and oxygen atoms in total. The Labute approximate surface area is 191 Å². The monoisotopic (exact) mass is 508 g/mol. The molecule has 1 aromatic heterocycles. The molecule has 1 aromatic carbocycles. The highest BCUT2D eigenvalue weighted by Crippen LogP contribution is 2.26. The van der Waals surface area contributed by atoms with E-state index in [2.05, 4.69) is 62.2 Å². The summed E-state index contributed by atoms with van der Waals surface area (Å²) < 4.78 is 2.33. The number of halogens is 1. The minimum atomic E-state index is 0. The third-order valence-electron chi connectivity index (χ3n) is 5.88. The fourth-order valence-electron chi connectivity index (χ4n) is 4.37. The van der Waals surface area contributed by atoms with Gasteiger partial charge in [-0.15, -0.1) is 34.2 Å². The van der Waals surface area contributed by atoms with E-state index in [-0.39, 0.29) is 24.0 Å². The summed E-state index contributed by atoms with van der Waals surface area (Å²) in [7, 11) is 0. The second-order valence-electron chi connectivity index (χ2n) is 7.82. The first kappa shape index (κ1) is 22.1. The van der Waals surface area contributed by atoms with E-state index in [1.165, 1.54) is 31.2 Å². The van der Waals surface area contributed by atoms with Gasteiger partial charge in [0.25, 0.3) is 0 Å². The minimum Gasteiger partial charge on any atom is -0.357 e. The van der Waals surface area contributed by atoms with E-state index in [4.69, 9.17) is 4.99 Å².